The first-order valence-corrected chi connectivity index (χ1v) is 7.19. The second-order valence-electron chi connectivity index (χ2n) is 4.42. The van der Waals surface area contributed by atoms with Gasteiger partial charge in [0.15, 0.2) is 5.78 Å². The zero-order valence-electron chi connectivity index (χ0n) is 10.9. The first kappa shape index (κ1) is 14.5. The Bertz CT molecular complexity index is 663. The number of carboxylic acid groups (broad SMARTS) is 1. The zero-order valence-corrected chi connectivity index (χ0v) is 12.5. The minimum Gasteiger partial charge on any atom is -0.478 e. The van der Waals surface area contributed by atoms with Gasteiger partial charge in [-0.2, -0.15) is 0 Å². The van der Waals surface area contributed by atoms with Crippen LogP contribution < -0.4 is 0 Å². The van der Waals surface area contributed by atoms with Crippen molar-refractivity contribution >= 4 is 27.7 Å². The van der Waals surface area contributed by atoms with Crippen LogP contribution in [0.4, 0.5) is 0 Å². The largest absolute Gasteiger partial charge is 0.478 e. The van der Waals surface area contributed by atoms with Crippen molar-refractivity contribution in [3.05, 3.63) is 59.2 Å². The van der Waals surface area contributed by atoms with Gasteiger partial charge in [-0.1, -0.05) is 46.3 Å². The third kappa shape index (κ3) is 2.80. The summed E-state index contributed by atoms with van der Waals surface area (Å²) in [6.07, 6.45) is 0. The van der Waals surface area contributed by atoms with Gasteiger partial charge in [0.05, 0.1) is 10.9 Å². The number of ketones is 1. The Hall–Kier alpha value is -1.94. The minimum atomic E-state index is -1.02. The molecule has 0 radical (unpaired) electrons. The third-order valence-corrected chi connectivity index (χ3v) is 3.68. The van der Waals surface area contributed by atoms with Crippen LogP contribution in [0.1, 0.15) is 26.3 Å². The maximum absolute atomic E-state index is 12.0. The van der Waals surface area contributed by atoms with Gasteiger partial charge in [-0.25, -0.2) is 4.79 Å². The molecule has 0 bridgehead atoms. The SMILES string of the molecule is Cc1c(C(=O)O)cc(-c2ccccc2)cc1C(=O)CBr. The number of halogens is 1. The number of carbonyl (C=O) groups is 2. The zero-order chi connectivity index (χ0) is 14.7. The molecule has 0 heterocycles. The molecule has 1 N–H and O–H groups in total. The molecular weight excluding hydrogens is 320 g/mol. The lowest BCUT2D eigenvalue weighted by Gasteiger charge is -2.11. The molecule has 0 aromatic heterocycles. The summed E-state index contributed by atoms with van der Waals surface area (Å²) in [5.41, 5.74) is 2.73. The molecule has 0 fully saturated rings. The van der Waals surface area contributed by atoms with Crippen LogP contribution >= 0.6 is 15.9 Å². The fourth-order valence-corrected chi connectivity index (χ4v) is 2.40. The molecule has 2 aromatic carbocycles. The Morgan fingerprint density at radius 2 is 1.65 bits per heavy atom. The Labute approximate surface area is 125 Å². The average molecular weight is 333 g/mol. The summed E-state index contributed by atoms with van der Waals surface area (Å²) in [7, 11) is 0. The van der Waals surface area contributed by atoms with E-state index in [1.54, 1.807) is 19.1 Å². The summed E-state index contributed by atoms with van der Waals surface area (Å²) in [4.78, 5) is 23.3. The lowest BCUT2D eigenvalue weighted by molar-refractivity contribution is 0.0696. The number of Topliss-reactive ketones (excluding diaryl/α,β-unsaturated/α-hetero) is 1. The summed E-state index contributed by atoms with van der Waals surface area (Å²) in [6.45, 7) is 1.66. The van der Waals surface area contributed by atoms with E-state index in [0.717, 1.165) is 11.1 Å². The van der Waals surface area contributed by atoms with Gasteiger partial charge in [-0.3, -0.25) is 4.79 Å². The van der Waals surface area contributed by atoms with E-state index in [0.29, 0.717) is 11.1 Å². The van der Waals surface area contributed by atoms with Crippen molar-refractivity contribution in [1.82, 2.24) is 0 Å². The number of carboxylic acids is 1. The summed E-state index contributed by atoms with van der Waals surface area (Å²) in [5.74, 6) is -1.15. The number of alkyl halides is 1. The Morgan fingerprint density at radius 1 is 1.05 bits per heavy atom. The molecule has 0 amide bonds. The Balaban J connectivity index is 2.68. The second-order valence-corrected chi connectivity index (χ2v) is 4.99. The predicted octanol–water partition coefficient (Wildman–Crippen LogP) is 3.94. The van der Waals surface area contributed by atoms with Crippen LogP contribution in [0.5, 0.6) is 0 Å². The van der Waals surface area contributed by atoms with Crippen molar-refractivity contribution in [2.75, 3.05) is 5.33 Å². The van der Waals surface area contributed by atoms with Gasteiger partial charge in [-0.05, 0) is 35.7 Å². The minimum absolute atomic E-state index is 0.122. The van der Waals surface area contributed by atoms with Crippen molar-refractivity contribution in [2.24, 2.45) is 0 Å². The summed E-state index contributed by atoms with van der Waals surface area (Å²) < 4.78 is 0. The van der Waals surface area contributed by atoms with Gasteiger partial charge in [-0.15, -0.1) is 0 Å². The first-order chi connectivity index (χ1) is 9.54. The van der Waals surface area contributed by atoms with Crippen LogP contribution in [-0.4, -0.2) is 22.2 Å². The smallest absolute Gasteiger partial charge is 0.335 e. The molecule has 0 aliphatic heterocycles. The standard InChI is InChI=1S/C16H13BrO3/c1-10-13(15(18)9-17)7-12(8-14(10)16(19)20)11-5-3-2-4-6-11/h2-8H,9H2,1H3,(H,19,20). The van der Waals surface area contributed by atoms with Gasteiger partial charge >= 0.3 is 5.97 Å². The van der Waals surface area contributed by atoms with E-state index < -0.39 is 5.97 Å². The molecule has 0 saturated heterocycles. The average Bonchev–Trinajstić information content (AvgIpc) is 2.47. The third-order valence-electron chi connectivity index (χ3n) is 3.17. The van der Waals surface area contributed by atoms with E-state index >= 15 is 0 Å². The number of rotatable bonds is 4. The molecule has 0 atom stereocenters. The maximum atomic E-state index is 12.0. The highest BCUT2D eigenvalue weighted by Crippen LogP contribution is 2.26. The van der Waals surface area contributed by atoms with Crippen LogP contribution in [0.15, 0.2) is 42.5 Å². The number of benzene rings is 2. The molecule has 20 heavy (non-hydrogen) atoms. The molecular formula is C16H13BrO3. The molecule has 4 heteroatoms. The summed E-state index contributed by atoms with van der Waals surface area (Å²) in [5, 5.41) is 9.46. The predicted molar refractivity (Wildman–Crippen MR) is 81.7 cm³/mol. The number of aromatic carboxylic acids is 1. The van der Waals surface area contributed by atoms with Crippen molar-refractivity contribution in [2.45, 2.75) is 6.92 Å². The van der Waals surface area contributed by atoms with Crippen LogP contribution in [-0.2, 0) is 0 Å². The van der Waals surface area contributed by atoms with Gasteiger partial charge < -0.3 is 5.11 Å². The summed E-state index contributed by atoms with van der Waals surface area (Å²) in [6, 6.07) is 12.8. The topological polar surface area (TPSA) is 54.4 Å². The second kappa shape index (κ2) is 6.01. The first-order valence-electron chi connectivity index (χ1n) is 6.07. The maximum Gasteiger partial charge on any atom is 0.335 e. The number of hydrogen-bond acceptors (Lipinski definition) is 2. The number of carbonyl (C=O) groups excluding carboxylic acids is 1. The monoisotopic (exact) mass is 332 g/mol. The van der Waals surface area contributed by atoms with E-state index in [9.17, 15) is 14.7 Å². The van der Waals surface area contributed by atoms with E-state index in [-0.39, 0.29) is 16.7 Å². The summed E-state index contributed by atoms with van der Waals surface area (Å²) >= 11 is 3.13. The van der Waals surface area contributed by atoms with Gasteiger partial charge in [0.2, 0.25) is 0 Å². The van der Waals surface area contributed by atoms with Crippen LogP contribution in [0.2, 0.25) is 0 Å². The molecule has 3 nitrogen and oxygen atoms in total. The van der Waals surface area contributed by atoms with Crippen molar-refractivity contribution < 1.29 is 14.7 Å². The van der Waals surface area contributed by atoms with E-state index in [2.05, 4.69) is 15.9 Å². The normalized spacial score (nSPS) is 10.3. The fraction of sp³-hybridized carbons (Fsp3) is 0.125. The van der Waals surface area contributed by atoms with E-state index in [1.165, 1.54) is 0 Å². The lowest BCUT2D eigenvalue weighted by Crippen LogP contribution is -2.09. The highest BCUT2D eigenvalue weighted by Gasteiger charge is 2.17. The van der Waals surface area contributed by atoms with Crippen LogP contribution in [0.3, 0.4) is 0 Å². The van der Waals surface area contributed by atoms with Crippen molar-refractivity contribution in [3.63, 3.8) is 0 Å². The molecule has 2 rings (SSSR count). The molecule has 0 aliphatic rings. The highest BCUT2D eigenvalue weighted by atomic mass is 79.9. The number of hydrogen-bond donors (Lipinski definition) is 1. The quantitative estimate of drug-likeness (QED) is 0.681. The molecule has 102 valence electrons. The fourth-order valence-electron chi connectivity index (χ4n) is 2.10. The molecule has 0 spiro atoms. The molecule has 0 saturated carbocycles. The van der Waals surface area contributed by atoms with Crippen molar-refractivity contribution in [1.29, 1.82) is 0 Å². The molecule has 0 unspecified atom stereocenters. The molecule has 0 aliphatic carbocycles. The highest BCUT2D eigenvalue weighted by molar-refractivity contribution is 9.09. The van der Waals surface area contributed by atoms with Gasteiger partial charge in [0, 0.05) is 5.56 Å². The lowest BCUT2D eigenvalue weighted by atomic mass is 9.93. The van der Waals surface area contributed by atoms with Crippen LogP contribution in [0.25, 0.3) is 11.1 Å². The van der Waals surface area contributed by atoms with E-state index in [1.807, 2.05) is 30.3 Å². The molecule has 2 aromatic rings. The Morgan fingerprint density at radius 3 is 2.20 bits per heavy atom. The van der Waals surface area contributed by atoms with Crippen LogP contribution in [0, 0.1) is 6.92 Å². The van der Waals surface area contributed by atoms with E-state index in [4.69, 9.17) is 0 Å². The Kier molecular flexibility index (Phi) is 4.35. The van der Waals surface area contributed by atoms with Gasteiger partial charge in [0.25, 0.3) is 0 Å². The van der Waals surface area contributed by atoms with Crippen molar-refractivity contribution in [3.8, 4) is 11.1 Å². The van der Waals surface area contributed by atoms with Gasteiger partial charge in [0.1, 0.15) is 0 Å².